The number of anilines is 2. The molecule has 0 bridgehead atoms. The molecule has 6 aromatic carbocycles. The van der Waals surface area contributed by atoms with Crippen LogP contribution in [0.25, 0.3) is 33.4 Å². The minimum atomic E-state index is 0.382. The molecule has 0 saturated carbocycles. The van der Waals surface area contributed by atoms with Gasteiger partial charge in [0.2, 0.25) is 0 Å². The molecule has 1 unspecified atom stereocenters. The topological polar surface area (TPSA) is 3.24 Å². The zero-order chi connectivity index (χ0) is 28.8. The van der Waals surface area contributed by atoms with Gasteiger partial charge in [-0.15, -0.1) is 0 Å². The molecule has 0 aromatic heterocycles. The van der Waals surface area contributed by atoms with Crippen LogP contribution < -0.4 is 4.90 Å². The summed E-state index contributed by atoms with van der Waals surface area (Å²) in [5, 5.41) is 0. The Kier molecular flexibility index (Phi) is 7.53. The Bertz CT molecular complexity index is 1850. The summed E-state index contributed by atoms with van der Waals surface area (Å²) in [5.74, 6) is 0.382. The van der Waals surface area contributed by atoms with E-state index in [-0.39, 0.29) is 0 Å². The normalized spacial score (nSPS) is 14.2. The standard InChI is InChI=1S/C42H33N/c1-5-13-32(14-6-1)34-21-25-38(26-22-34)43(39-27-23-35(24-28-39)33-15-7-2-8-16-33)40-29-30-41(36-17-9-3-10-18-36)42(31-40)37-19-11-4-12-20-37/h1-23,25-31,35H,24H2. The molecular formula is C42H33N. The van der Waals surface area contributed by atoms with Crippen molar-refractivity contribution in [2.45, 2.75) is 12.3 Å². The molecule has 1 heteroatoms. The molecule has 0 heterocycles. The monoisotopic (exact) mass is 551 g/mol. The van der Waals surface area contributed by atoms with Crippen molar-refractivity contribution in [1.82, 2.24) is 0 Å². The molecule has 0 amide bonds. The SMILES string of the molecule is C1=CC(c2ccccc2)CC=C1N(c1ccc(-c2ccccc2)cc1)c1ccc(-c2ccccc2)c(-c2ccccc2)c1. The predicted molar refractivity (Wildman–Crippen MR) is 182 cm³/mol. The van der Waals surface area contributed by atoms with Crippen molar-refractivity contribution < 1.29 is 0 Å². The van der Waals surface area contributed by atoms with Crippen molar-refractivity contribution in [3.8, 4) is 33.4 Å². The van der Waals surface area contributed by atoms with Crippen LogP contribution in [0.3, 0.4) is 0 Å². The van der Waals surface area contributed by atoms with Crippen molar-refractivity contribution in [2.24, 2.45) is 0 Å². The van der Waals surface area contributed by atoms with Crippen LogP contribution in [0.2, 0.25) is 0 Å². The number of nitrogens with zero attached hydrogens (tertiary/aromatic N) is 1. The van der Waals surface area contributed by atoms with E-state index in [1.54, 1.807) is 0 Å². The molecule has 1 aliphatic carbocycles. The summed E-state index contributed by atoms with van der Waals surface area (Å²) in [7, 11) is 0. The molecule has 0 radical (unpaired) electrons. The summed E-state index contributed by atoms with van der Waals surface area (Å²) >= 11 is 0. The van der Waals surface area contributed by atoms with Gasteiger partial charge < -0.3 is 4.90 Å². The maximum Gasteiger partial charge on any atom is 0.0468 e. The highest BCUT2D eigenvalue weighted by Crippen LogP contribution is 2.40. The Morgan fingerprint density at radius 3 is 1.53 bits per heavy atom. The summed E-state index contributed by atoms with van der Waals surface area (Å²) in [4.78, 5) is 2.40. The van der Waals surface area contributed by atoms with E-state index in [0.29, 0.717) is 5.92 Å². The Morgan fingerprint density at radius 1 is 0.442 bits per heavy atom. The van der Waals surface area contributed by atoms with Gasteiger partial charge in [0, 0.05) is 23.0 Å². The molecule has 43 heavy (non-hydrogen) atoms. The van der Waals surface area contributed by atoms with Crippen LogP contribution in [0.1, 0.15) is 17.9 Å². The molecule has 1 aliphatic rings. The lowest BCUT2D eigenvalue weighted by Gasteiger charge is -2.30. The highest BCUT2D eigenvalue weighted by Gasteiger charge is 2.20. The van der Waals surface area contributed by atoms with Gasteiger partial charge in [0.05, 0.1) is 0 Å². The Morgan fingerprint density at radius 2 is 0.953 bits per heavy atom. The van der Waals surface area contributed by atoms with Crippen LogP contribution in [0, 0.1) is 0 Å². The van der Waals surface area contributed by atoms with Gasteiger partial charge in [-0.25, -0.2) is 0 Å². The first-order valence-electron chi connectivity index (χ1n) is 15.0. The van der Waals surface area contributed by atoms with Crippen molar-refractivity contribution in [3.05, 3.63) is 193 Å². The van der Waals surface area contributed by atoms with E-state index in [1.807, 2.05) is 0 Å². The van der Waals surface area contributed by atoms with Gasteiger partial charge in [-0.2, -0.15) is 0 Å². The van der Waals surface area contributed by atoms with Crippen molar-refractivity contribution in [3.63, 3.8) is 0 Å². The number of benzene rings is 6. The first kappa shape index (κ1) is 26.5. The van der Waals surface area contributed by atoms with Crippen LogP contribution in [0.5, 0.6) is 0 Å². The Balaban J connectivity index is 1.33. The van der Waals surface area contributed by atoms with E-state index in [2.05, 4.69) is 187 Å². The summed E-state index contributed by atoms with van der Waals surface area (Å²) in [6.45, 7) is 0. The van der Waals surface area contributed by atoms with Gasteiger partial charge in [0.15, 0.2) is 0 Å². The van der Waals surface area contributed by atoms with Crippen LogP contribution in [0.4, 0.5) is 11.4 Å². The van der Waals surface area contributed by atoms with E-state index < -0.39 is 0 Å². The average Bonchev–Trinajstić information content (AvgIpc) is 3.10. The second-order valence-electron chi connectivity index (χ2n) is 11.0. The summed E-state index contributed by atoms with van der Waals surface area (Å²) in [5.41, 5.74) is 12.1. The fourth-order valence-corrected chi connectivity index (χ4v) is 6.00. The zero-order valence-electron chi connectivity index (χ0n) is 24.1. The molecular weight excluding hydrogens is 518 g/mol. The lowest BCUT2D eigenvalue weighted by Crippen LogP contribution is -2.17. The second kappa shape index (κ2) is 12.2. The minimum Gasteiger partial charge on any atom is -0.311 e. The highest BCUT2D eigenvalue weighted by molar-refractivity contribution is 5.88. The van der Waals surface area contributed by atoms with Gasteiger partial charge >= 0.3 is 0 Å². The molecule has 0 spiro atoms. The molecule has 0 fully saturated rings. The number of hydrogen-bond acceptors (Lipinski definition) is 1. The van der Waals surface area contributed by atoms with Crippen molar-refractivity contribution >= 4 is 11.4 Å². The van der Waals surface area contributed by atoms with Gasteiger partial charge in [-0.1, -0.05) is 152 Å². The Labute approximate surface area is 254 Å². The molecule has 6 aromatic rings. The third-order valence-electron chi connectivity index (χ3n) is 8.23. The molecule has 1 nitrogen and oxygen atoms in total. The van der Waals surface area contributed by atoms with E-state index in [1.165, 1.54) is 44.6 Å². The summed E-state index contributed by atoms with van der Waals surface area (Å²) < 4.78 is 0. The number of allylic oxidation sites excluding steroid dienone is 3. The van der Waals surface area contributed by atoms with Crippen LogP contribution in [-0.4, -0.2) is 0 Å². The lowest BCUT2D eigenvalue weighted by atomic mass is 9.91. The van der Waals surface area contributed by atoms with Gasteiger partial charge in [-0.3, -0.25) is 0 Å². The molecule has 1 atom stereocenters. The molecule has 0 saturated heterocycles. The van der Waals surface area contributed by atoms with Crippen LogP contribution in [-0.2, 0) is 0 Å². The fourth-order valence-electron chi connectivity index (χ4n) is 6.00. The van der Waals surface area contributed by atoms with Gasteiger partial charge in [0.25, 0.3) is 0 Å². The van der Waals surface area contributed by atoms with Gasteiger partial charge in [0.1, 0.15) is 0 Å². The maximum absolute atomic E-state index is 2.40. The third kappa shape index (κ3) is 5.71. The van der Waals surface area contributed by atoms with Crippen LogP contribution >= 0.6 is 0 Å². The van der Waals surface area contributed by atoms with E-state index in [0.717, 1.165) is 17.8 Å². The number of rotatable bonds is 7. The largest absolute Gasteiger partial charge is 0.311 e. The average molecular weight is 552 g/mol. The van der Waals surface area contributed by atoms with Crippen molar-refractivity contribution in [1.29, 1.82) is 0 Å². The summed E-state index contributed by atoms with van der Waals surface area (Å²) in [6, 6.07) is 58.6. The second-order valence-corrected chi connectivity index (χ2v) is 11.0. The molecule has 0 N–H and O–H groups in total. The molecule has 7 rings (SSSR count). The maximum atomic E-state index is 2.40. The first-order chi connectivity index (χ1) is 21.3. The molecule has 206 valence electrons. The third-order valence-corrected chi connectivity index (χ3v) is 8.23. The lowest BCUT2D eigenvalue weighted by molar-refractivity contribution is 0.840. The molecule has 0 aliphatic heterocycles. The quantitative estimate of drug-likeness (QED) is 0.191. The van der Waals surface area contributed by atoms with Crippen molar-refractivity contribution in [2.75, 3.05) is 4.90 Å². The van der Waals surface area contributed by atoms with Crippen LogP contribution in [0.15, 0.2) is 188 Å². The fraction of sp³-hybridized carbons (Fsp3) is 0.0476. The number of hydrogen-bond donors (Lipinski definition) is 0. The highest BCUT2D eigenvalue weighted by atomic mass is 15.1. The van der Waals surface area contributed by atoms with E-state index in [9.17, 15) is 0 Å². The minimum absolute atomic E-state index is 0.382. The van der Waals surface area contributed by atoms with Gasteiger partial charge in [-0.05, 0) is 75.7 Å². The summed E-state index contributed by atoms with van der Waals surface area (Å²) in [6.07, 6.45) is 7.99. The van der Waals surface area contributed by atoms with E-state index in [4.69, 9.17) is 0 Å². The van der Waals surface area contributed by atoms with E-state index >= 15 is 0 Å². The Hall–Kier alpha value is -5.40. The zero-order valence-corrected chi connectivity index (χ0v) is 24.1. The first-order valence-corrected chi connectivity index (χ1v) is 15.0. The smallest absolute Gasteiger partial charge is 0.0468 e. The predicted octanol–water partition coefficient (Wildman–Crippen LogP) is 11.5.